The Morgan fingerprint density at radius 2 is 2.00 bits per heavy atom. The Labute approximate surface area is 74.6 Å². The van der Waals surface area contributed by atoms with Crippen molar-refractivity contribution in [1.82, 2.24) is 4.90 Å². The van der Waals surface area contributed by atoms with Gasteiger partial charge in [-0.1, -0.05) is 0 Å². The van der Waals surface area contributed by atoms with Gasteiger partial charge in [0.25, 0.3) is 0 Å². The van der Waals surface area contributed by atoms with Crippen LogP contribution in [0, 0.1) is 0 Å². The first-order valence-electron chi connectivity index (χ1n) is 4.00. The van der Waals surface area contributed by atoms with E-state index >= 15 is 0 Å². The van der Waals surface area contributed by atoms with Gasteiger partial charge in [0.2, 0.25) is 0 Å². The van der Waals surface area contributed by atoms with Gasteiger partial charge in [-0.2, -0.15) is 0 Å². The van der Waals surface area contributed by atoms with E-state index in [0.29, 0.717) is 13.1 Å². The monoisotopic (exact) mass is 198 g/mol. The molecule has 0 aromatic carbocycles. The molecule has 1 aliphatic heterocycles. The Kier molecular flexibility index (Phi) is 2.84. The van der Waals surface area contributed by atoms with Gasteiger partial charge in [0.1, 0.15) is 0 Å². The molecule has 1 aliphatic rings. The lowest BCUT2D eigenvalue weighted by Gasteiger charge is -2.45. The highest BCUT2D eigenvalue weighted by Gasteiger charge is 2.35. The quantitative estimate of drug-likeness (QED) is 0.720. The van der Waals surface area contributed by atoms with Gasteiger partial charge in [0.05, 0.1) is 6.61 Å². The molecular weight excluding hydrogens is 185 g/mol. The van der Waals surface area contributed by atoms with Crippen molar-refractivity contribution in [3.63, 3.8) is 0 Å². The van der Waals surface area contributed by atoms with Crippen molar-refractivity contribution >= 4 is 0 Å². The van der Waals surface area contributed by atoms with Crippen molar-refractivity contribution in [1.29, 1.82) is 0 Å². The number of hydrogen-bond acceptors (Lipinski definition) is 3. The second-order valence-electron chi connectivity index (χ2n) is 3.66. The lowest BCUT2D eigenvalue weighted by molar-refractivity contribution is -0.325. The second-order valence-corrected chi connectivity index (χ2v) is 3.66. The number of halogens is 3. The minimum atomic E-state index is -4.52. The highest BCUT2D eigenvalue weighted by Crippen LogP contribution is 2.19. The van der Waals surface area contributed by atoms with Gasteiger partial charge in [0, 0.05) is 25.2 Å². The maximum absolute atomic E-state index is 11.5. The molecule has 1 heterocycles. The van der Waals surface area contributed by atoms with Crippen molar-refractivity contribution in [2.45, 2.75) is 18.8 Å². The number of hydrogen-bond donors (Lipinski definition) is 1. The minimum Gasteiger partial charge on any atom is -0.323 e. The topological polar surface area (TPSA) is 38.5 Å². The molecule has 1 rings (SSSR count). The molecule has 0 aromatic rings. The predicted octanol–water partition coefficient (Wildman–Crippen LogP) is 0.556. The first-order valence-corrected chi connectivity index (χ1v) is 4.00. The average Bonchev–Trinajstić information content (AvgIpc) is 1.79. The lowest BCUT2D eigenvalue weighted by atomic mass is 9.94. The van der Waals surface area contributed by atoms with Crippen LogP contribution in [0.4, 0.5) is 13.2 Å². The number of nitrogens with zero attached hydrogens (tertiary/aromatic N) is 1. The zero-order valence-electron chi connectivity index (χ0n) is 7.40. The molecule has 0 saturated carbocycles. The molecule has 0 amide bonds. The SMILES string of the molecule is CC1(N)CN(CCOC(F)(F)F)C1. The molecule has 0 spiro atoms. The van der Waals surface area contributed by atoms with E-state index < -0.39 is 6.36 Å². The molecule has 0 bridgehead atoms. The van der Waals surface area contributed by atoms with Gasteiger partial charge in [-0.3, -0.25) is 9.64 Å². The van der Waals surface area contributed by atoms with Crippen molar-refractivity contribution < 1.29 is 17.9 Å². The number of likely N-dealkylation sites (tertiary alicyclic amines) is 1. The summed E-state index contributed by atoms with van der Waals surface area (Å²) in [5.41, 5.74) is 5.43. The summed E-state index contributed by atoms with van der Waals surface area (Å²) in [6.45, 7) is 3.10. The zero-order chi connectivity index (χ0) is 10.1. The molecule has 6 heteroatoms. The second kappa shape index (κ2) is 3.43. The summed E-state index contributed by atoms with van der Waals surface area (Å²) in [6.07, 6.45) is -4.52. The largest absolute Gasteiger partial charge is 0.522 e. The molecular formula is C7H13F3N2O. The van der Waals surface area contributed by atoms with E-state index in [-0.39, 0.29) is 18.7 Å². The number of ether oxygens (including phenoxy) is 1. The lowest BCUT2D eigenvalue weighted by Crippen LogP contribution is -2.65. The molecule has 3 nitrogen and oxygen atoms in total. The van der Waals surface area contributed by atoms with Crippen molar-refractivity contribution in [3.05, 3.63) is 0 Å². The highest BCUT2D eigenvalue weighted by molar-refractivity contribution is 4.95. The Bertz CT molecular complexity index is 173. The van der Waals surface area contributed by atoms with Gasteiger partial charge >= 0.3 is 6.36 Å². The number of rotatable bonds is 3. The van der Waals surface area contributed by atoms with Crippen LogP contribution in [0.2, 0.25) is 0 Å². The van der Waals surface area contributed by atoms with E-state index in [9.17, 15) is 13.2 Å². The van der Waals surface area contributed by atoms with Gasteiger partial charge in [0.15, 0.2) is 0 Å². The fraction of sp³-hybridized carbons (Fsp3) is 1.00. The van der Waals surface area contributed by atoms with Crippen LogP contribution < -0.4 is 5.73 Å². The third-order valence-electron chi connectivity index (χ3n) is 1.84. The van der Waals surface area contributed by atoms with Crippen LogP contribution in [0.25, 0.3) is 0 Å². The standard InChI is InChI=1S/C7H13F3N2O/c1-6(11)4-12(5-6)2-3-13-7(8,9)10/h2-5,11H2,1H3. The van der Waals surface area contributed by atoms with Crippen LogP contribution in [0.1, 0.15) is 6.92 Å². The molecule has 0 aromatic heterocycles. The Hall–Kier alpha value is -0.330. The van der Waals surface area contributed by atoms with Crippen LogP contribution in [0.15, 0.2) is 0 Å². The molecule has 0 atom stereocenters. The third-order valence-corrected chi connectivity index (χ3v) is 1.84. The maximum Gasteiger partial charge on any atom is 0.522 e. The summed E-state index contributed by atoms with van der Waals surface area (Å²) in [5, 5.41) is 0. The summed E-state index contributed by atoms with van der Waals surface area (Å²) in [7, 11) is 0. The first-order chi connectivity index (χ1) is 5.79. The molecule has 0 radical (unpaired) electrons. The Balaban J connectivity index is 2.03. The molecule has 1 fully saturated rings. The van der Waals surface area contributed by atoms with E-state index in [1.54, 1.807) is 0 Å². The van der Waals surface area contributed by atoms with Crippen molar-refractivity contribution in [2.75, 3.05) is 26.2 Å². The Morgan fingerprint density at radius 3 is 2.38 bits per heavy atom. The van der Waals surface area contributed by atoms with Gasteiger partial charge in [-0.15, -0.1) is 13.2 Å². The highest BCUT2D eigenvalue weighted by atomic mass is 19.4. The third kappa shape index (κ3) is 3.93. The normalized spacial score (nSPS) is 22.8. The van der Waals surface area contributed by atoms with E-state index in [1.807, 2.05) is 11.8 Å². The summed E-state index contributed by atoms with van der Waals surface area (Å²) >= 11 is 0. The average molecular weight is 198 g/mol. The molecule has 1 saturated heterocycles. The van der Waals surface area contributed by atoms with Gasteiger partial charge < -0.3 is 5.73 Å². The van der Waals surface area contributed by atoms with Crippen LogP contribution in [-0.4, -0.2) is 43.0 Å². The maximum atomic E-state index is 11.5. The van der Waals surface area contributed by atoms with Crippen LogP contribution in [0.3, 0.4) is 0 Å². The molecule has 0 unspecified atom stereocenters. The van der Waals surface area contributed by atoms with E-state index in [4.69, 9.17) is 5.73 Å². The number of alkyl halides is 3. The minimum absolute atomic E-state index is 0.238. The summed E-state index contributed by atoms with van der Waals surface area (Å²) in [4.78, 5) is 1.83. The summed E-state index contributed by atoms with van der Waals surface area (Å²) in [5.74, 6) is 0. The van der Waals surface area contributed by atoms with Crippen LogP contribution in [-0.2, 0) is 4.74 Å². The summed E-state index contributed by atoms with van der Waals surface area (Å²) < 4.78 is 38.2. The molecule has 78 valence electrons. The van der Waals surface area contributed by atoms with Gasteiger partial charge in [-0.25, -0.2) is 0 Å². The first kappa shape index (κ1) is 10.7. The van der Waals surface area contributed by atoms with E-state index in [0.717, 1.165) is 0 Å². The zero-order valence-corrected chi connectivity index (χ0v) is 7.40. The molecule has 0 aliphatic carbocycles. The van der Waals surface area contributed by atoms with E-state index in [1.165, 1.54) is 0 Å². The smallest absolute Gasteiger partial charge is 0.323 e. The van der Waals surface area contributed by atoms with Gasteiger partial charge in [-0.05, 0) is 6.92 Å². The fourth-order valence-corrected chi connectivity index (χ4v) is 1.42. The predicted molar refractivity (Wildman–Crippen MR) is 41.0 cm³/mol. The van der Waals surface area contributed by atoms with Crippen LogP contribution in [0.5, 0.6) is 0 Å². The van der Waals surface area contributed by atoms with Crippen LogP contribution >= 0.6 is 0 Å². The molecule has 2 N–H and O–H groups in total. The Morgan fingerprint density at radius 1 is 1.46 bits per heavy atom. The van der Waals surface area contributed by atoms with Crippen molar-refractivity contribution in [2.24, 2.45) is 5.73 Å². The van der Waals surface area contributed by atoms with E-state index in [2.05, 4.69) is 4.74 Å². The molecule has 13 heavy (non-hydrogen) atoms. The van der Waals surface area contributed by atoms with Crippen molar-refractivity contribution in [3.8, 4) is 0 Å². The fourth-order valence-electron chi connectivity index (χ4n) is 1.42. The summed E-state index contributed by atoms with van der Waals surface area (Å²) in [6, 6.07) is 0. The number of nitrogens with two attached hydrogens (primary N) is 1.